The Morgan fingerprint density at radius 3 is 3.06 bits per heavy atom. The Morgan fingerprint density at radius 1 is 1.47 bits per heavy atom. The Bertz CT molecular complexity index is 494. The summed E-state index contributed by atoms with van der Waals surface area (Å²) in [5, 5.41) is 12.0. The topological polar surface area (TPSA) is 78.0 Å². The number of carbonyl (C=O) groups is 1. The summed E-state index contributed by atoms with van der Waals surface area (Å²) in [6, 6.07) is 6.25. The van der Waals surface area contributed by atoms with Crippen LogP contribution in [0.15, 0.2) is 36.7 Å². The largest absolute Gasteiger partial charge is 0.508 e. The number of nitrogens with zero attached hydrogens (tertiary/aromatic N) is 1. The second-order valence-electron chi connectivity index (χ2n) is 3.59. The zero-order valence-electron chi connectivity index (χ0n) is 9.18. The zero-order chi connectivity index (χ0) is 12.1. The molecule has 1 aromatic heterocycles. The Hall–Kier alpha value is -2.30. The first-order valence-corrected chi connectivity index (χ1v) is 5.31. The molecule has 1 aromatic carbocycles. The molecule has 3 N–H and O–H groups in total. The van der Waals surface area contributed by atoms with Gasteiger partial charge in [0.2, 0.25) is 0 Å². The predicted octanol–water partition coefficient (Wildman–Crippen LogP) is 1.09. The van der Waals surface area contributed by atoms with Crippen LogP contribution < -0.4 is 5.32 Å². The van der Waals surface area contributed by atoms with E-state index in [1.165, 1.54) is 12.1 Å². The molecule has 0 fully saturated rings. The van der Waals surface area contributed by atoms with Gasteiger partial charge in [-0.05, 0) is 18.2 Å². The van der Waals surface area contributed by atoms with Crippen molar-refractivity contribution in [1.29, 1.82) is 0 Å². The highest BCUT2D eigenvalue weighted by atomic mass is 16.3. The van der Waals surface area contributed by atoms with Crippen molar-refractivity contribution in [2.45, 2.75) is 6.42 Å². The lowest BCUT2D eigenvalue weighted by Gasteiger charge is -2.04. The van der Waals surface area contributed by atoms with E-state index in [9.17, 15) is 9.90 Å². The third kappa shape index (κ3) is 3.07. The summed E-state index contributed by atoms with van der Waals surface area (Å²) < 4.78 is 0. The lowest BCUT2D eigenvalue weighted by molar-refractivity contribution is 0.0953. The van der Waals surface area contributed by atoms with Crippen LogP contribution in [-0.4, -0.2) is 27.5 Å². The molecule has 0 bridgehead atoms. The summed E-state index contributed by atoms with van der Waals surface area (Å²) in [5.41, 5.74) is 0.449. The molecule has 0 aliphatic heterocycles. The second kappa shape index (κ2) is 5.16. The molecular weight excluding hydrogens is 218 g/mol. The Morgan fingerprint density at radius 2 is 2.35 bits per heavy atom. The van der Waals surface area contributed by atoms with E-state index >= 15 is 0 Å². The van der Waals surface area contributed by atoms with E-state index < -0.39 is 0 Å². The van der Waals surface area contributed by atoms with Gasteiger partial charge in [0.05, 0.1) is 0 Å². The van der Waals surface area contributed by atoms with Crippen molar-refractivity contribution in [1.82, 2.24) is 15.3 Å². The smallest absolute Gasteiger partial charge is 0.251 e. The molecule has 0 aliphatic rings. The maximum absolute atomic E-state index is 11.7. The molecule has 1 heterocycles. The van der Waals surface area contributed by atoms with Gasteiger partial charge in [-0.15, -0.1) is 0 Å². The molecule has 2 rings (SSSR count). The molecule has 0 aliphatic carbocycles. The van der Waals surface area contributed by atoms with Gasteiger partial charge in [0.15, 0.2) is 0 Å². The fraction of sp³-hybridized carbons (Fsp3) is 0.167. The monoisotopic (exact) mass is 231 g/mol. The maximum atomic E-state index is 11.7. The zero-order valence-corrected chi connectivity index (χ0v) is 9.18. The van der Waals surface area contributed by atoms with Crippen LogP contribution in [0.4, 0.5) is 0 Å². The van der Waals surface area contributed by atoms with Crippen LogP contribution in [0.25, 0.3) is 0 Å². The van der Waals surface area contributed by atoms with Crippen LogP contribution >= 0.6 is 0 Å². The lowest BCUT2D eigenvalue weighted by atomic mass is 10.2. The number of carbonyl (C=O) groups excluding carboxylic acids is 1. The first-order valence-electron chi connectivity index (χ1n) is 5.31. The lowest BCUT2D eigenvalue weighted by Crippen LogP contribution is -2.25. The van der Waals surface area contributed by atoms with Crippen LogP contribution in [0.1, 0.15) is 16.2 Å². The van der Waals surface area contributed by atoms with E-state index in [4.69, 9.17) is 0 Å². The number of hydrogen-bond acceptors (Lipinski definition) is 3. The summed E-state index contributed by atoms with van der Waals surface area (Å²) in [6.07, 6.45) is 4.07. The predicted molar refractivity (Wildman–Crippen MR) is 62.7 cm³/mol. The van der Waals surface area contributed by atoms with Crippen LogP contribution in [0.3, 0.4) is 0 Å². The molecule has 0 saturated carbocycles. The van der Waals surface area contributed by atoms with Crippen molar-refractivity contribution in [2.24, 2.45) is 0 Å². The van der Waals surface area contributed by atoms with Gasteiger partial charge in [0.1, 0.15) is 11.6 Å². The van der Waals surface area contributed by atoms with E-state index in [2.05, 4.69) is 15.3 Å². The van der Waals surface area contributed by atoms with E-state index in [0.717, 1.165) is 5.82 Å². The third-order valence-electron chi connectivity index (χ3n) is 2.31. The number of imidazole rings is 1. The molecule has 0 radical (unpaired) electrons. The van der Waals surface area contributed by atoms with E-state index in [1.807, 2.05) is 0 Å². The normalized spacial score (nSPS) is 10.1. The van der Waals surface area contributed by atoms with E-state index in [-0.39, 0.29) is 11.7 Å². The van der Waals surface area contributed by atoms with Gasteiger partial charge in [-0.3, -0.25) is 4.79 Å². The second-order valence-corrected chi connectivity index (χ2v) is 3.59. The van der Waals surface area contributed by atoms with Crippen LogP contribution in [0, 0.1) is 0 Å². The number of H-pyrrole nitrogens is 1. The number of phenolic OH excluding ortho intramolecular Hbond substituents is 1. The average molecular weight is 231 g/mol. The SMILES string of the molecule is O=C(NCCc1ncc[nH]1)c1cccc(O)c1. The minimum atomic E-state index is -0.201. The molecule has 1 amide bonds. The number of benzene rings is 1. The average Bonchev–Trinajstić information content (AvgIpc) is 2.82. The number of aromatic amines is 1. The van der Waals surface area contributed by atoms with E-state index in [0.29, 0.717) is 18.5 Å². The van der Waals surface area contributed by atoms with Crippen molar-refractivity contribution >= 4 is 5.91 Å². The molecule has 0 spiro atoms. The van der Waals surface area contributed by atoms with Gasteiger partial charge in [0.25, 0.3) is 5.91 Å². The van der Waals surface area contributed by atoms with Crippen LogP contribution in [0.5, 0.6) is 5.75 Å². The molecular formula is C12H13N3O2. The number of hydrogen-bond donors (Lipinski definition) is 3. The van der Waals surface area contributed by atoms with Gasteiger partial charge in [-0.2, -0.15) is 0 Å². The van der Waals surface area contributed by atoms with Gasteiger partial charge in [-0.25, -0.2) is 4.98 Å². The highest BCUT2D eigenvalue weighted by Crippen LogP contribution is 2.10. The van der Waals surface area contributed by atoms with Gasteiger partial charge < -0.3 is 15.4 Å². The Kier molecular flexibility index (Phi) is 3.40. The standard InChI is InChI=1S/C12H13N3O2/c16-10-3-1-2-9(8-10)12(17)15-5-4-11-13-6-7-14-11/h1-3,6-8,16H,4-5H2,(H,13,14)(H,15,17). The fourth-order valence-electron chi connectivity index (χ4n) is 1.48. The number of aromatic hydroxyl groups is 1. The maximum Gasteiger partial charge on any atom is 0.251 e. The fourth-order valence-corrected chi connectivity index (χ4v) is 1.48. The highest BCUT2D eigenvalue weighted by Gasteiger charge is 2.05. The molecule has 2 aromatic rings. The molecule has 5 heteroatoms. The number of rotatable bonds is 4. The third-order valence-corrected chi connectivity index (χ3v) is 2.31. The highest BCUT2D eigenvalue weighted by molar-refractivity contribution is 5.94. The molecule has 17 heavy (non-hydrogen) atoms. The minimum absolute atomic E-state index is 0.0867. The number of phenols is 1. The minimum Gasteiger partial charge on any atom is -0.508 e. The Labute approximate surface area is 98.5 Å². The van der Waals surface area contributed by atoms with Crippen molar-refractivity contribution < 1.29 is 9.90 Å². The van der Waals surface area contributed by atoms with Crippen molar-refractivity contribution in [3.8, 4) is 5.75 Å². The van der Waals surface area contributed by atoms with Crippen molar-refractivity contribution in [3.05, 3.63) is 48.0 Å². The summed E-state index contributed by atoms with van der Waals surface area (Å²) in [7, 11) is 0. The van der Waals surface area contributed by atoms with Crippen molar-refractivity contribution in [2.75, 3.05) is 6.54 Å². The quantitative estimate of drug-likeness (QED) is 0.737. The molecule has 0 atom stereocenters. The van der Waals surface area contributed by atoms with Crippen LogP contribution in [-0.2, 0) is 6.42 Å². The van der Waals surface area contributed by atoms with E-state index in [1.54, 1.807) is 24.5 Å². The number of aromatic nitrogens is 2. The number of nitrogens with one attached hydrogen (secondary N) is 2. The van der Waals surface area contributed by atoms with Gasteiger partial charge >= 0.3 is 0 Å². The first-order chi connectivity index (χ1) is 8.25. The molecule has 5 nitrogen and oxygen atoms in total. The van der Waals surface area contributed by atoms with Crippen LogP contribution in [0.2, 0.25) is 0 Å². The number of amides is 1. The summed E-state index contributed by atoms with van der Waals surface area (Å²) in [6.45, 7) is 0.502. The van der Waals surface area contributed by atoms with Gasteiger partial charge in [-0.1, -0.05) is 6.07 Å². The Balaban J connectivity index is 1.85. The van der Waals surface area contributed by atoms with Crippen molar-refractivity contribution in [3.63, 3.8) is 0 Å². The van der Waals surface area contributed by atoms with Gasteiger partial charge in [0, 0.05) is 30.9 Å². The summed E-state index contributed by atoms with van der Waals surface area (Å²) in [5.74, 6) is 0.720. The molecule has 88 valence electrons. The molecule has 0 saturated heterocycles. The first kappa shape index (κ1) is 11.2. The molecule has 0 unspecified atom stereocenters. The summed E-state index contributed by atoms with van der Waals surface area (Å²) in [4.78, 5) is 18.7. The summed E-state index contributed by atoms with van der Waals surface area (Å²) >= 11 is 0.